The number of aryl methyl sites for hydroxylation is 1. The average molecular weight is 291 g/mol. The summed E-state index contributed by atoms with van der Waals surface area (Å²) in [5.41, 5.74) is 8.27. The van der Waals surface area contributed by atoms with Crippen molar-refractivity contribution in [3.63, 3.8) is 0 Å². The van der Waals surface area contributed by atoms with Gasteiger partial charge in [-0.1, -0.05) is 15.9 Å². The number of hydrogen-bond donors (Lipinski definition) is 1. The lowest BCUT2D eigenvalue weighted by molar-refractivity contribution is 0.103. The molecule has 2 rings (SSSR count). The summed E-state index contributed by atoms with van der Waals surface area (Å²) >= 11 is 3.32. The zero-order chi connectivity index (χ0) is 12.4. The third-order valence-corrected chi connectivity index (χ3v) is 2.81. The molecule has 0 aliphatic rings. The van der Waals surface area contributed by atoms with Crippen LogP contribution in [0.4, 0.5) is 5.69 Å². The van der Waals surface area contributed by atoms with Crippen molar-refractivity contribution in [2.24, 2.45) is 0 Å². The first-order valence-electron chi connectivity index (χ1n) is 5.09. The number of pyridine rings is 1. The standard InChI is InChI=1S/C13H11BrN2O/c1-8-2-3-9(7-16-8)13(17)10-4-11(14)6-12(15)5-10/h2-7H,15H2,1H3. The van der Waals surface area contributed by atoms with E-state index < -0.39 is 0 Å². The molecule has 0 saturated heterocycles. The maximum absolute atomic E-state index is 12.1. The van der Waals surface area contributed by atoms with Crippen molar-refractivity contribution in [3.8, 4) is 0 Å². The molecule has 2 N–H and O–H groups in total. The molecule has 1 aromatic heterocycles. The fourth-order valence-corrected chi connectivity index (χ4v) is 2.02. The predicted octanol–water partition coefficient (Wildman–Crippen LogP) is 2.97. The first-order valence-corrected chi connectivity index (χ1v) is 5.89. The van der Waals surface area contributed by atoms with E-state index >= 15 is 0 Å². The van der Waals surface area contributed by atoms with Gasteiger partial charge in [-0.3, -0.25) is 9.78 Å². The SMILES string of the molecule is Cc1ccc(C(=O)c2cc(N)cc(Br)c2)cn1. The zero-order valence-corrected chi connectivity index (χ0v) is 10.9. The minimum atomic E-state index is -0.0782. The molecule has 0 unspecified atom stereocenters. The van der Waals surface area contributed by atoms with Gasteiger partial charge < -0.3 is 5.73 Å². The number of benzene rings is 1. The lowest BCUT2D eigenvalue weighted by Crippen LogP contribution is -2.03. The van der Waals surface area contributed by atoms with Crippen LogP contribution < -0.4 is 5.73 Å². The maximum atomic E-state index is 12.1. The summed E-state index contributed by atoms with van der Waals surface area (Å²) in [5.74, 6) is -0.0782. The first kappa shape index (κ1) is 11.8. The molecule has 0 atom stereocenters. The minimum Gasteiger partial charge on any atom is -0.399 e. The molecular weight excluding hydrogens is 280 g/mol. The minimum absolute atomic E-state index is 0.0782. The Balaban J connectivity index is 2.40. The van der Waals surface area contributed by atoms with Crippen molar-refractivity contribution in [2.75, 3.05) is 5.73 Å². The Labute approximate surface area is 108 Å². The van der Waals surface area contributed by atoms with E-state index in [0.29, 0.717) is 16.8 Å². The van der Waals surface area contributed by atoms with Crippen molar-refractivity contribution in [1.29, 1.82) is 0 Å². The van der Waals surface area contributed by atoms with Crippen molar-refractivity contribution in [3.05, 3.63) is 57.8 Å². The molecule has 0 fully saturated rings. The number of halogens is 1. The van der Waals surface area contributed by atoms with Crippen LogP contribution in [0.25, 0.3) is 0 Å². The third-order valence-electron chi connectivity index (χ3n) is 2.36. The van der Waals surface area contributed by atoms with Gasteiger partial charge in [0.1, 0.15) is 0 Å². The van der Waals surface area contributed by atoms with Crippen molar-refractivity contribution >= 4 is 27.4 Å². The zero-order valence-electron chi connectivity index (χ0n) is 9.27. The van der Waals surface area contributed by atoms with Crippen LogP contribution >= 0.6 is 15.9 Å². The van der Waals surface area contributed by atoms with Gasteiger partial charge in [0.2, 0.25) is 0 Å². The van der Waals surface area contributed by atoms with E-state index in [2.05, 4.69) is 20.9 Å². The second kappa shape index (κ2) is 4.67. The molecule has 86 valence electrons. The Morgan fingerprint density at radius 1 is 1.24 bits per heavy atom. The molecule has 0 radical (unpaired) electrons. The van der Waals surface area contributed by atoms with Crippen LogP contribution in [0.15, 0.2) is 41.0 Å². The van der Waals surface area contributed by atoms with Crippen molar-refractivity contribution in [2.45, 2.75) is 6.92 Å². The number of ketones is 1. The highest BCUT2D eigenvalue weighted by Gasteiger charge is 2.10. The monoisotopic (exact) mass is 290 g/mol. The Hall–Kier alpha value is -1.68. The summed E-state index contributed by atoms with van der Waals surface area (Å²) in [5, 5.41) is 0. The predicted molar refractivity (Wildman–Crippen MR) is 71.0 cm³/mol. The van der Waals surface area contributed by atoms with Crippen LogP contribution in [0, 0.1) is 6.92 Å². The second-order valence-corrected chi connectivity index (χ2v) is 4.71. The number of nitrogens with two attached hydrogens (primary N) is 1. The molecular formula is C13H11BrN2O. The fourth-order valence-electron chi connectivity index (χ4n) is 1.51. The molecule has 1 heterocycles. The molecule has 4 heteroatoms. The number of carbonyl (C=O) groups is 1. The van der Waals surface area contributed by atoms with E-state index in [-0.39, 0.29) is 5.78 Å². The van der Waals surface area contributed by atoms with Gasteiger partial charge in [-0.2, -0.15) is 0 Å². The average Bonchev–Trinajstić information content (AvgIpc) is 2.28. The first-order chi connectivity index (χ1) is 8.06. The molecule has 3 nitrogen and oxygen atoms in total. The summed E-state index contributed by atoms with van der Waals surface area (Å²) < 4.78 is 0.793. The number of aromatic nitrogens is 1. The van der Waals surface area contributed by atoms with E-state index in [9.17, 15) is 4.79 Å². The summed E-state index contributed by atoms with van der Waals surface area (Å²) in [6, 6.07) is 8.74. The lowest BCUT2D eigenvalue weighted by atomic mass is 10.0. The molecule has 0 bridgehead atoms. The van der Waals surface area contributed by atoms with Crippen LogP contribution in [0.5, 0.6) is 0 Å². The van der Waals surface area contributed by atoms with Gasteiger partial charge in [0, 0.05) is 33.2 Å². The number of hydrogen-bond acceptors (Lipinski definition) is 3. The summed E-state index contributed by atoms with van der Waals surface area (Å²) in [6.07, 6.45) is 1.58. The molecule has 0 saturated carbocycles. The second-order valence-electron chi connectivity index (χ2n) is 3.79. The maximum Gasteiger partial charge on any atom is 0.194 e. The number of nitrogens with zero attached hydrogens (tertiary/aromatic N) is 1. The van der Waals surface area contributed by atoms with E-state index in [1.165, 1.54) is 0 Å². The Kier molecular flexibility index (Phi) is 3.24. The van der Waals surface area contributed by atoms with E-state index in [1.807, 2.05) is 13.0 Å². The third kappa shape index (κ3) is 2.71. The molecule has 17 heavy (non-hydrogen) atoms. The summed E-state index contributed by atoms with van der Waals surface area (Å²) in [6.45, 7) is 1.88. The van der Waals surface area contributed by atoms with E-state index in [4.69, 9.17) is 5.73 Å². The Morgan fingerprint density at radius 2 is 2.00 bits per heavy atom. The van der Waals surface area contributed by atoms with Crippen LogP contribution in [0.3, 0.4) is 0 Å². The lowest BCUT2D eigenvalue weighted by Gasteiger charge is -2.03. The van der Waals surface area contributed by atoms with Gasteiger partial charge in [-0.05, 0) is 37.3 Å². The largest absolute Gasteiger partial charge is 0.399 e. The number of anilines is 1. The van der Waals surface area contributed by atoms with Gasteiger partial charge in [-0.25, -0.2) is 0 Å². The molecule has 2 aromatic rings. The topological polar surface area (TPSA) is 56.0 Å². The molecule has 0 aliphatic heterocycles. The molecule has 0 amide bonds. The molecule has 1 aromatic carbocycles. The van der Waals surface area contributed by atoms with Crippen LogP contribution in [-0.4, -0.2) is 10.8 Å². The van der Waals surface area contributed by atoms with Gasteiger partial charge in [0.25, 0.3) is 0 Å². The smallest absolute Gasteiger partial charge is 0.194 e. The number of rotatable bonds is 2. The van der Waals surface area contributed by atoms with Gasteiger partial charge in [0.15, 0.2) is 5.78 Å². The van der Waals surface area contributed by atoms with Gasteiger partial charge in [-0.15, -0.1) is 0 Å². The number of nitrogen functional groups attached to an aromatic ring is 1. The van der Waals surface area contributed by atoms with Crippen LogP contribution in [-0.2, 0) is 0 Å². The highest BCUT2D eigenvalue weighted by Crippen LogP contribution is 2.19. The Bertz CT molecular complexity index is 544. The number of carbonyl (C=O) groups excluding carboxylic acids is 1. The Morgan fingerprint density at radius 3 is 2.59 bits per heavy atom. The summed E-state index contributed by atoms with van der Waals surface area (Å²) in [4.78, 5) is 16.3. The van der Waals surface area contributed by atoms with Crippen molar-refractivity contribution in [1.82, 2.24) is 4.98 Å². The normalized spacial score (nSPS) is 10.2. The van der Waals surface area contributed by atoms with Gasteiger partial charge in [0.05, 0.1) is 0 Å². The van der Waals surface area contributed by atoms with E-state index in [0.717, 1.165) is 10.2 Å². The molecule has 0 aliphatic carbocycles. The van der Waals surface area contributed by atoms with Crippen molar-refractivity contribution < 1.29 is 4.79 Å². The quantitative estimate of drug-likeness (QED) is 0.683. The highest BCUT2D eigenvalue weighted by atomic mass is 79.9. The van der Waals surface area contributed by atoms with Crippen LogP contribution in [0.2, 0.25) is 0 Å². The fraction of sp³-hybridized carbons (Fsp3) is 0.0769. The molecule has 0 spiro atoms. The van der Waals surface area contributed by atoms with E-state index in [1.54, 1.807) is 30.5 Å². The highest BCUT2D eigenvalue weighted by molar-refractivity contribution is 9.10. The van der Waals surface area contributed by atoms with Crippen LogP contribution in [0.1, 0.15) is 21.6 Å². The summed E-state index contributed by atoms with van der Waals surface area (Å²) in [7, 11) is 0. The van der Waals surface area contributed by atoms with Gasteiger partial charge >= 0.3 is 0 Å².